The molecular formula is C22H31N3O7. The van der Waals surface area contributed by atoms with Crippen molar-refractivity contribution in [2.45, 2.75) is 81.4 Å². The second kappa shape index (κ2) is 9.55. The summed E-state index contributed by atoms with van der Waals surface area (Å²) in [7, 11) is 0. The molecule has 1 aliphatic heterocycles. The second-order valence-corrected chi connectivity index (χ2v) is 9.82. The lowest BCUT2D eigenvalue weighted by atomic mass is 9.51. The highest BCUT2D eigenvalue weighted by atomic mass is 16.4. The molecule has 0 radical (unpaired) electrons. The number of Topliss-reactive ketones (excluding diaryl/α,β-unsaturated/α-hetero) is 1. The van der Waals surface area contributed by atoms with Gasteiger partial charge in [0.25, 0.3) is 0 Å². The number of ketones is 1. The lowest BCUT2D eigenvalue weighted by Gasteiger charge is -2.60. The van der Waals surface area contributed by atoms with Gasteiger partial charge in [-0.3, -0.25) is 14.4 Å². The molecule has 0 aromatic carbocycles. The molecule has 176 valence electrons. The average molecular weight is 450 g/mol. The molecule has 1 heterocycles. The summed E-state index contributed by atoms with van der Waals surface area (Å²) in [4.78, 5) is 43.9. The smallest absolute Gasteiger partial charge is 0.372 e. The van der Waals surface area contributed by atoms with Crippen LogP contribution < -0.4 is 5.32 Å². The summed E-state index contributed by atoms with van der Waals surface area (Å²) in [5, 5.41) is 39.3. The molecule has 4 aliphatic carbocycles. The Kier molecular flexibility index (Phi) is 7.20. The minimum Gasteiger partial charge on any atom is -0.481 e. The van der Waals surface area contributed by atoms with E-state index in [1.165, 1.54) is 6.42 Å². The lowest BCUT2D eigenvalue weighted by molar-refractivity contribution is -0.149. The number of carboxylic acids is 2. The van der Waals surface area contributed by atoms with Crippen LogP contribution in [0.1, 0.15) is 64.2 Å². The number of aliphatic hydroxyl groups is 1. The number of rotatable bonds is 7. The van der Waals surface area contributed by atoms with Gasteiger partial charge in [0, 0.05) is 18.5 Å². The third-order valence-corrected chi connectivity index (χ3v) is 7.17. The van der Waals surface area contributed by atoms with Gasteiger partial charge in [0.05, 0.1) is 24.6 Å². The van der Waals surface area contributed by atoms with E-state index < -0.39 is 36.2 Å². The maximum atomic E-state index is 12.4. The van der Waals surface area contributed by atoms with Crippen molar-refractivity contribution in [1.82, 2.24) is 10.2 Å². The van der Waals surface area contributed by atoms with Gasteiger partial charge in [0.1, 0.15) is 6.04 Å². The van der Waals surface area contributed by atoms with Gasteiger partial charge >= 0.3 is 11.9 Å². The first kappa shape index (κ1) is 24.1. The molecule has 0 aromatic rings. The van der Waals surface area contributed by atoms with Crippen LogP contribution in [-0.4, -0.2) is 74.1 Å². The molecule has 1 saturated heterocycles. The summed E-state index contributed by atoms with van der Waals surface area (Å²) in [6, 6.07) is 1.99. The summed E-state index contributed by atoms with van der Waals surface area (Å²) < 4.78 is 0. The molecule has 5 rings (SSSR count). The van der Waals surface area contributed by atoms with E-state index in [2.05, 4.69) is 11.4 Å². The van der Waals surface area contributed by atoms with E-state index >= 15 is 0 Å². The van der Waals surface area contributed by atoms with Gasteiger partial charge in [0.15, 0.2) is 0 Å². The number of amides is 1. The molecule has 10 heteroatoms. The fourth-order valence-electron chi connectivity index (χ4n) is 6.31. The number of hydrogen-bond donors (Lipinski definition) is 4. The number of aliphatic carboxylic acids is 2. The van der Waals surface area contributed by atoms with Gasteiger partial charge in [-0.05, 0) is 63.2 Å². The molecule has 2 unspecified atom stereocenters. The van der Waals surface area contributed by atoms with Crippen LogP contribution >= 0.6 is 0 Å². The first-order valence-corrected chi connectivity index (χ1v) is 11.2. The van der Waals surface area contributed by atoms with Crippen molar-refractivity contribution in [1.29, 1.82) is 5.26 Å². The molecule has 4 saturated carbocycles. The van der Waals surface area contributed by atoms with Gasteiger partial charge in [-0.1, -0.05) is 0 Å². The predicted molar refractivity (Wildman–Crippen MR) is 110 cm³/mol. The molecule has 32 heavy (non-hydrogen) atoms. The van der Waals surface area contributed by atoms with E-state index in [4.69, 9.17) is 15.5 Å². The van der Waals surface area contributed by atoms with Crippen molar-refractivity contribution in [2.75, 3.05) is 13.1 Å². The van der Waals surface area contributed by atoms with E-state index in [1.807, 2.05) is 0 Å². The Labute approximate surface area is 186 Å². The van der Waals surface area contributed by atoms with Crippen LogP contribution in [0.25, 0.3) is 0 Å². The number of carbonyl (C=O) groups is 4. The zero-order chi connectivity index (χ0) is 23.5. The summed E-state index contributed by atoms with van der Waals surface area (Å²) >= 11 is 0. The quantitative estimate of drug-likeness (QED) is 0.408. The monoisotopic (exact) mass is 449 g/mol. The minimum absolute atomic E-state index is 0.0453. The van der Waals surface area contributed by atoms with E-state index in [-0.39, 0.29) is 17.5 Å². The summed E-state index contributed by atoms with van der Waals surface area (Å²) in [6.45, 7) is 1.02. The van der Waals surface area contributed by atoms with Crippen molar-refractivity contribution in [3.8, 4) is 6.07 Å². The number of carbonyl (C=O) groups excluding carboxylic acids is 2. The zero-order valence-corrected chi connectivity index (χ0v) is 18.1. The number of nitrogens with zero attached hydrogens (tertiary/aromatic N) is 2. The summed E-state index contributed by atoms with van der Waals surface area (Å²) in [5.74, 6) is -2.54. The molecule has 0 aromatic heterocycles. The predicted octanol–water partition coefficient (Wildman–Crippen LogP) is 0.679. The Bertz CT molecular complexity index is 807. The Hall–Kier alpha value is -2.51. The SMILES string of the molecule is N#C[C@@H]1CCCN1C(=O)CNC12CC3CC(CC(O)(C3)C1)C2.O=C(O)CCC(=O)C(=O)O. The van der Waals surface area contributed by atoms with Crippen LogP contribution in [0.15, 0.2) is 0 Å². The molecule has 5 fully saturated rings. The van der Waals surface area contributed by atoms with Gasteiger partial charge < -0.3 is 25.5 Å². The minimum atomic E-state index is -1.58. The zero-order valence-electron chi connectivity index (χ0n) is 18.1. The van der Waals surface area contributed by atoms with Crippen molar-refractivity contribution in [2.24, 2.45) is 11.8 Å². The Morgan fingerprint density at radius 2 is 1.72 bits per heavy atom. The van der Waals surface area contributed by atoms with Gasteiger partial charge in [-0.2, -0.15) is 5.26 Å². The summed E-state index contributed by atoms with van der Waals surface area (Å²) in [5.41, 5.74) is -0.542. The number of nitriles is 1. The van der Waals surface area contributed by atoms with Crippen LogP contribution in [0.4, 0.5) is 0 Å². The molecule has 4 N–H and O–H groups in total. The maximum Gasteiger partial charge on any atom is 0.372 e. The maximum absolute atomic E-state index is 12.4. The Morgan fingerprint density at radius 3 is 2.25 bits per heavy atom. The number of nitrogens with one attached hydrogen (secondary N) is 1. The van der Waals surface area contributed by atoms with Crippen molar-refractivity contribution in [3.63, 3.8) is 0 Å². The van der Waals surface area contributed by atoms with Gasteiger partial charge in [-0.25, -0.2) is 4.79 Å². The highest BCUT2D eigenvalue weighted by Gasteiger charge is 2.57. The first-order chi connectivity index (χ1) is 15.0. The third kappa shape index (κ3) is 5.64. The first-order valence-electron chi connectivity index (χ1n) is 11.2. The number of likely N-dealkylation sites (tertiary alicyclic amines) is 1. The molecule has 4 bridgehead atoms. The van der Waals surface area contributed by atoms with Crippen molar-refractivity contribution < 1.29 is 34.5 Å². The third-order valence-electron chi connectivity index (χ3n) is 7.17. The normalized spacial score (nSPS) is 34.4. The van der Waals surface area contributed by atoms with Crippen molar-refractivity contribution >= 4 is 23.6 Å². The van der Waals surface area contributed by atoms with E-state index in [9.17, 15) is 24.3 Å². The van der Waals surface area contributed by atoms with Crippen LogP contribution in [0.5, 0.6) is 0 Å². The summed E-state index contributed by atoms with van der Waals surface area (Å²) in [6.07, 6.45) is 7.00. The van der Waals surface area contributed by atoms with Gasteiger partial charge in [0.2, 0.25) is 11.7 Å². The fraction of sp³-hybridized carbons (Fsp3) is 0.773. The Morgan fingerprint density at radius 1 is 1.06 bits per heavy atom. The molecule has 0 spiro atoms. The van der Waals surface area contributed by atoms with Crippen LogP contribution in [-0.2, 0) is 19.2 Å². The largest absolute Gasteiger partial charge is 0.481 e. The molecule has 5 aliphatic rings. The van der Waals surface area contributed by atoms with E-state index in [1.54, 1.807) is 4.90 Å². The molecule has 1 amide bonds. The van der Waals surface area contributed by atoms with Crippen LogP contribution in [0, 0.1) is 23.2 Å². The highest BCUT2D eigenvalue weighted by molar-refractivity contribution is 6.32. The topological polar surface area (TPSA) is 168 Å². The standard InChI is InChI=1S/C17H25N3O2.C5H6O5/c18-9-14-2-1-3-20(14)15(21)10-19-16-5-12-4-13(6-16)8-17(22,7-12)11-16;6-3(5(9)10)1-2-4(7)8/h12-14,19,22H,1-8,10-11H2;1-2H2,(H,7,8)(H,9,10)/t12?,13?,14-,16?,17?;/m0./s1. The Balaban J connectivity index is 0.000000247. The van der Waals surface area contributed by atoms with E-state index in [0.717, 1.165) is 44.9 Å². The molecular weight excluding hydrogens is 418 g/mol. The number of carboxylic acid groups (broad SMARTS) is 2. The van der Waals surface area contributed by atoms with Gasteiger partial charge in [-0.15, -0.1) is 0 Å². The second-order valence-electron chi connectivity index (χ2n) is 9.82. The number of hydrogen-bond acceptors (Lipinski definition) is 7. The molecule has 10 nitrogen and oxygen atoms in total. The highest BCUT2D eigenvalue weighted by Crippen LogP contribution is 2.57. The van der Waals surface area contributed by atoms with E-state index in [0.29, 0.717) is 24.9 Å². The lowest BCUT2D eigenvalue weighted by Crippen LogP contribution is -2.65. The fourth-order valence-corrected chi connectivity index (χ4v) is 6.31. The van der Waals surface area contributed by atoms with Crippen LogP contribution in [0.3, 0.4) is 0 Å². The molecule has 3 atom stereocenters. The van der Waals surface area contributed by atoms with Crippen molar-refractivity contribution in [3.05, 3.63) is 0 Å². The average Bonchev–Trinajstić information content (AvgIpc) is 3.17. The van der Waals surface area contributed by atoms with Crippen LogP contribution in [0.2, 0.25) is 0 Å².